The number of hydrogen-bond acceptors (Lipinski definition) is 3. The maximum Gasteiger partial charge on any atom is 0.227 e. The zero-order chi connectivity index (χ0) is 19.3. The molecule has 0 spiro atoms. The third kappa shape index (κ3) is 3.09. The largest absolute Gasteiger partial charge is 0.495 e. The summed E-state index contributed by atoms with van der Waals surface area (Å²) in [6.07, 6.45) is 8.39. The SMILES string of the molecule is COc1ccccc1N1C[C@H](C(=O)NCC23CC4CC(CC(C4)C2)C3)CC1=O. The fourth-order valence-corrected chi connectivity index (χ4v) is 6.89. The zero-order valence-corrected chi connectivity index (χ0v) is 16.7. The van der Waals surface area contributed by atoms with Crippen LogP contribution in [0.25, 0.3) is 0 Å². The van der Waals surface area contributed by atoms with Crippen LogP contribution < -0.4 is 15.0 Å². The molecule has 28 heavy (non-hydrogen) atoms. The van der Waals surface area contributed by atoms with Crippen molar-refractivity contribution in [1.29, 1.82) is 0 Å². The Bertz CT molecular complexity index is 755. The standard InChI is InChI=1S/C23H30N2O3/c1-28-20-5-3-2-4-19(20)25-13-18(9-21(25)26)22(27)24-14-23-10-15-6-16(11-23)8-17(7-15)12-23/h2-5,15-18H,6-14H2,1H3,(H,24,27)/t15?,16?,17?,18-,23?/m1/s1. The van der Waals surface area contributed by atoms with Crippen molar-refractivity contribution in [1.82, 2.24) is 5.32 Å². The molecule has 6 rings (SSSR count). The second-order valence-corrected chi connectivity index (χ2v) is 9.71. The van der Waals surface area contributed by atoms with E-state index in [1.54, 1.807) is 12.0 Å². The van der Waals surface area contributed by atoms with Crippen molar-refractivity contribution in [3.05, 3.63) is 24.3 Å². The second kappa shape index (κ2) is 6.78. The number of nitrogens with one attached hydrogen (secondary N) is 1. The highest BCUT2D eigenvalue weighted by molar-refractivity contribution is 6.01. The minimum atomic E-state index is -0.272. The van der Waals surface area contributed by atoms with Gasteiger partial charge in [-0.25, -0.2) is 0 Å². The van der Waals surface area contributed by atoms with Crippen LogP contribution in [-0.4, -0.2) is 32.0 Å². The molecule has 1 aliphatic heterocycles. The lowest BCUT2D eigenvalue weighted by Gasteiger charge is -2.57. The van der Waals surface area contributed by atoms with Crippen LogP contribution in [0.3, 0.4) is 0 Å². The van der Waals surface area contributed by atoms with Crippen molar-refractivity contribution in [2.45, 2.75) is 44.9 Å². The van der Waals surface area contributed by atoms with Crippen molar-refractivity contribution in [2.75, 3.05) is 25.1 Å². The summed E-state index contributed by atoms with van der Waals surface area (Å²) in [5.74, 6) is 3.10. The summed E-state index contributed by atoms with van der Waals surface area (Å²) in [7, 11) is 1.61. The first-order valence-corrected chi connectivity index (χ1v) is 10.8. The highest BCUT2D eigenvalue weighted by Gasteiger charge is 2.51. The molecule has 4 bridgehead atoms. The summed E-state index contributed by atoms with van der Waals surface area (Å²) in [5.41, 5.74) is 1.08. The number of nitrogens with zero attached hydrogens (tertiary/aromatic N) is 1. The Morgan fingerprint density at radius 3 is 2.43 bits per heavy atom. The number of methoxy groups -OCH3 is 1. The minimum Gasteiger partial charge on any atom is -0.495 e. The number of para-hydroxylation sites is 2. The summed E-state index contributed by atoms with van der Waals surface area (Å²) in [6, 6.07) is 7.51. The summed E-state index contributed by atoms with van der Waals surface area (Å²) in [6.45, 7) is 1.24. The molecule has 5 nitrogen and oxygen atoms in total. The van der Waals surface area contributed by atoms with Crippen LogP contribution in [-0.2, 0) is 9.59 Å². The number of benzene rings is 1. The van der Waals surface area contributed by atoms with E-state index in [-0.39, 0.29) is 24.2 Å². The van der Waals surface area contributed by atoms with Gasteiger partial charge in [0.05, 0.1) is 18.7 Å². The number of amides is 2. The van der Waals surface area contributed by atoms with Crippen LogP contribution in [0.5, 0.6) is 5.75 Å². The van der Waals surface area contributed by atoms with Gasteiger partial charge in [0.15, 0.2) is 0 Å². The van der Waals surface area contributed by atoms with E-state index in [0.29, 0.717) is 17.7 Å². The number of carbonyl (C=O) groups is 2. The predicted octanol–water partition coefficient (Wildman–Crippen LogP) is 3.38. The molecule has 1 heterocycles. The van der Waals surface area contributed by atoms with Gasteiger partial charge in [-0.3, -0.25) is 9.59 Å². The third-order valence-electron chi connectivity index (χ3n) is 7.67. The van der Waals surface area contributed by atoms with Gasteiger partial charge < -0.3 is 15.0 Å². The van der Waals surface area contributed by atoms with Crippen LogP contribution in [0, 0.1) is 29.1 Å². The molecular formula is C23H30N2O3. The molecule has 4 saturated carbocycles. The fraction of sp³-hybridized carbons (Fsp3) is 0.652. The molecule has 1 aromatic rings. The number of ether oxygens (including phenoxy) is 1. The molecule has 1 saturated heterocycles. The molecule has 1 atom stereocenters. The van der Waals surface area contributed by atoms with Crippen molar-refractivity contribution in [3.8, 4) is 5.75 Å². The van der Waals surface area contributed by atoms with Crippen molar-refractivity contribution < 1.29 is 14.3 Å². The highest BCUT2D eigenvalue weighted by Crippen LogP contribution is 2.59. The molecule has 2 amide bonds. The van der Waals surface area contributed by atoms with Gasteiger partial charge in [0.25, 0.3) is 0 Å². The number of carbonyl (C=O) groups excluding carboxylic acids is 2. The van der Waals surface area contributed by atoms with Gasteiger partial charge in [-0.05, 0) is 73.8 Å². The van der Waals surface area contributed by atoms with E-state index in [0.717, 1.165) is 30.0 Å². The Balaban J connectivity index is 1.23. The number of anilines is 1. The van der Waals surface area contributed by atoms with E-state index in [1.165, 1.54) is 38.5 Å². The monoisotopic (exact) mass is 382 g/mol. The molecule has 5 aliphatic rings. The molecule has 0 radical (unpaired) electrons. The molecule has 0 aromatic heterocycles. The van der Waals surface area contributed by atoms with E-state index in [2.05, 4.69) is 5.32 Å². The van der Waals surface area contributed by atoms with E-state index >= 15 is 0 Å². The van der Waals surface area contributed by atoms with Crippen LogP contribution in [0.4, 0.5) is 5.69 Å². The molecule has 1 aromatic carbocycles. The quantitative estimate of drug-likeness (QED) is 0.849. The minimum absolute atomic E-state index is 0.000505. The highest BCUT2D eigenvalue weighted by atomic mass is 16.5. The van der Waals surface area contributed by atoms with Crippen LogP contribution in [0.15, 0.2) is 24.3 Å². The Kier molecular flexibility index (Phi) is 4.37. The van der Waals surface area contributed by atoms with E-state index in [1.807, 2.05) is 24.3 Å². The van der Waals surface area contributed by atoms with Crippen LogP contribution in [0.2, 0.25) is 0 Å². The average Bonchev–Trinajstić information content (AvgIpc) is 3.06. The van der Waals surface area contributed by atoms with Gasteiger partial charge in [0, 0.05) is 19.5 Å². The molecule has 4 aliphatic carbocycles. The molecule has 5 fully saturated rings. The topological polar surface area (TPSA) is 58.6 Å². The lowest BCUT2D eigenvalue weighted by atomic mass is 9.49. The molecule has 1 N–H and O–H groups in total. The summed E-state index contributed by atoms with van der Waals surface area (Å²) >= 11 is 0. The number of hydrogen-bond donors (Lipinski definition) is 1. The molecule has 0 unspecified atom stereocenters. The summed E-state index contributed by atoms with van der Waals surface area (Å²) in [4.78, 5) is 27.2. The normalized spacial score (nSPS) is 36.0. The van der Waals surface area contributed by atoms with Crippen molar-refractivity contribution in [3.63, 3.8) is 0 Å². The first-order valence-electron chi connectivity index (χ1n) is 10.8. The Labute approximate surface area is 166 Å². The molecule has 5 heteroatoms. The second-order valence-electron chi connectivity index (χ2n) is 9.71. The molecule has 150 valence electrons. The third-order valence-corrected chi connectivity index (χ3v) is 7.67. The summed E-state index contributed by atoms with van der Waals surface area (Å²) < 4.78 is 5.39. The van der Waals surface area contributed by atoms with Gasteiger partial charge >= 0.3 is 0 Å². The first kappa shape index (κ1) is 18.0. The average molecular weight is 383 g/mol. The maximum atomic E-state index is 12.9. The van der Waals surface area contributed by atoms with E-state index < -0.39 is 0 Å². The van der Waals surface area contributed by atoms with Crippen LogP contribution >= 0.6 is 0 Å². The predicted molar refractivity (Wildman–Crippen MR) is 107 cm³/mol. The van der Waals surface area contributed by atoms with Gasteiger partial charge in [0.2, 0.25) is 11.8 Å². The maximum absolute atomic E-state index is 12.9. The lowest BCUT2D eigenvalue weighted by Crippen LogP contribution is -2.51. The van der Waals surface area contributed by atoms with Crippen LogP contribution in [0.1, 0.15) is 44.9 Å². The van der Waals surface area contributed by atoms with E-state index in [4.69, 9.17) is 4.74 Å². The Hall–Kier alpha value is -2.04. The zero-order valence-electron chi connectivity index (χ0n) is 16.7. The van der Waals surface area contributed by atoms with Crippen molar-refractivity contribution >= 4 is 17.5 Å². The van der Waals surface area contributed by atoms with E-state index in [9.17, 15) is 9.59 Å². The number of rotatable bonds is 5. The fourth-order valence-electron chi connectivity index (χ4n) is 6.89. The van der Waals surface area contributed by atoms with Gasteiger partial charge in [-0.2, -0.15) is 0 Å². The Morgan fingerprint density at radius 2 is 1.79 bits per heavy atom. The molecular weight excluding hydrogens is 352 g/mol. The lowest BCUT2D eigenvalue weighted by molar-refractivity contribution is -0.128. The van der Waals surface area contributed by atoms with Crippen molar-refractivity contribution in [2.24, 2.45) is 29.1 Å². The Morgan fingerprint density at radius 1 is 1.14 bits per heavy atom. The van der Waals surface area contributed by atoms with Gasteiger partial charge in [-0.15, -0.1) is 0 Å². The summed E-state index contributed by atoms with van der Waals surface area (Å²) in [5, 5.41) is 3.25. The first-order chi connectivity index (χ1) is 13.5. The van der Waals surface area contributed by atoms with Gasteiger partial charge in [-0.1, -0.05) is 12.1 Å². The van der Waals surface area contributed by atoms with Gasteiger partial charge in [0.1, 0.15) is 5.75 Å². The smallest absolute Gasteiger partial charge is 0.227 e.